The van der Waals surface area contributed by atoms with E-state index < -0.39 is 0 Å². The van der Waals surface area contributed by atoms with E-state index in [2.05, 4.69) is 22.9 Å². The van der Waals surface area contributed by atoms with Crippen LogP contribution in [0, 0.1) is 32.1 Å². The molecule has 1 fully saturated rings. The first-order valence-electron chi connectivity index (χ1n) is 11.0. The van der Waals surface area contributed by atoms with Crippen molar-refractivity contribution < 1.29 is 9.59 Å². The van der Waals surface area contributed by atoms with Gasteiger partial charge in [-0.1, -0.05) is 19.1 Å². The molecule has 168 valence electrons. The molecule has 2 aromatic rings. The van der Waals surface area contributed by atoms with Crippen molar-refractivity contribution in [3.8, 4) is 6.07 Å². The highest BCUT2D eigenvalue weighted by Crippen LogP contribution is 2.20. The van der Waals surface area contributed by atoms with Crippen LogP contribution in [0.2, 0.25) is 0 Å². The zero-order valence-electron chi connectivity index (χ0n) is 19.3. The van der Waals surface area contributed by atoms with Crippen molar-refractivity contribution in [1.82, 2.24) is 14.4 Å². The van der Waals surface area contributed by atoms with Crippen LogP contribution in [0.5, 0.6) is 0 Å². The minimum atomic E-state index is -0.286. The smallest absolute Gasteiger partial charge is 0.321 e. The summed E-state index contributed by atoms with van der Waals surface area (Å²) >= 11 is 0. The van der Waals surface area contributed by atoms with Crippen LogP contribution >= 0.6 is 0 Å². The Kier molecular flexibility index (Phi) is 7.37. The van der Waals surface area contributed by atoms with Gasteiger partial charge in [0.2, 0.25) is 0 Å². The summed E-state index contributed by atoms with van der Waals surface area (Å²) in [6, 6.07) is 11.6. The van der Waals surface area contributed by atoms with Crippen molar-refractivity contribution in [2.45, 2.75) is 40.7 Å². The molecule has 2 heterocycles. The summed E-state index contributed by atoms with van der Waals surface area (Å²) < 4.78 is 2.21. The molecular formula is C25H31N5O2. The molecular weight excluding hydrogens is 402 g/mol. The predicted octanol–water partition coefficient (Wildman–Crippen LogP) is 4.11. The second-order valence-corrected chi connectivity index (χ2v) is 8.23. The van der Waals surface area contributed by atoms with E-state index in [0.29, 0.717) is 26.2 Å². The summed E-state index contributed by atoms with van der Waals surface area (Å²) in [5.74, 6) is -0.286. The summed E-state index contributed by atoms with van der Waals surface area (Å²) in [4.78, 5) is 28.9. The monoisotopic (exact) mass is 433 g/mol. The summed E-state index contributed by atoms with van der Waals surface area (Å²) in [7, 11) is 0. The Bertz CT molecular complexity index is 1070. The molecule has 1 N–H and O–H groups in total. The average molecular weight is 434 g/mol. The van der Waals surface area contributed by atoms with Gasteiger partial charge in [0.1, 0.15) is 11.6 Å². The molecule has 0 unspecified atom stereocenters. The Labute approximate surface area is 189 Å². The van der Waals surface area contributed by atoms with Gasteiger partial charge in [-0.05, 0) is 62.6 Å². The standard InChI is InChI=1S/C25H31N5O2/c1-5-9-30-19(3)15-21(20(30)4)16-22(17-26)24(31)28-10-12-29(13-11-28)25(32)27-23-8-6-7-18(2)14-23/h6-8,14-16H,5,9-13H2,1-4H3,(H,27,32)/b22-16-. The SMILES string of the molecule is CCCn1c(C)cc(/C=C(/C#N)C(=O)N2CCN(C(=O)Nc3cccc(C)c3)CC2)c1C. The quantitative estimate of drug-likeness (QED) is 0.569. The number of anilines is 1. The number of amides is 3. The molecule has 0 spiro atoms. The first kappa shape index (κ1) is 23.1. The molecule has 7 nitrogen and oxygen atoms in total. The van der Waals surface area contributed by atoms with Gasteiger partial charge >= 0.3 is 6.03 Å². The van der Waals surface area contributed by atoms with Crippen molar-refractivity contribution in [1.29, 1.82) is 5.26 Å². The average Bonchev–Trinajstić information content (AvgIpc) is 3.04. The summed E-state index contributed by atoms with van der Waals surface area (Å²) in [6.45, 7) is 10.7. The molecule has 3 amide bonds. The topological polar surface area (TPSA) is 81.4 Å². The third-order valence-electron chi connectivity index (χ3n) is 5.83. The van der Waals surface area contributed by atoms with Crippen molar-refractivity contribution >= 4 is 23.7 Å². The van der Waals surface area contributed by atoms with Gasteiger partial charge < -0.3 is 19.7 Å². The highest BCUT2D eigenvalue weighted by molar-refractivity contribution is 6.02. The van der Waals surface area contributed by atoms with Gasteiger partial charge in [-0.15, -0.1) is 0 Å². The van der Waals surface area contributed by atoms with Gasteiger partial charge in [-0.3, -0.25) is 4.79 Å². The zero-order chi connectivity index (χ0) is 23.3. The predicted molar refractivity (Wildman–Crippen MR) is 126 cm³/mol. The van der Waals surface area contributed by atoms with E-state index in [9.17, 15) is 14.9 Å². The highest BCUT2D eigenvalue weighted by atomic mass is 16.2. The minimum absolute atomic E-state index is 0.124. The number of aromatic nitrogens is 1. The van der Waals surface area contributed by atoms with Gasteiger partial charge in [0.05, 0.1) is 0 Å². The lowest BCUT2D eigenvalue weighted by atomic mass is 10.1. The fraction of sp³-hybridized carbons (Fsp3) is 0.400. The molecule has 1 aromatic carbocycles. The van der Waals surface area contributed by atoms with Crippen LogP contribution in [-0.4, -0.2) is 52.5 Å². The highest BCUT2D eigenvalue weighted by Gasteiger charge is 2.26. The van der Waals surface area contributed by atoms with E-state index in [0.717, 1.165) is 41.2 Å². The Hall–Kier alpha value is -3.53. The summed E-state index contributed by atoms with van der Waals surface area (Å²) in [6.07, 6.45) is 2.71. The van der Waals surface area contributed by atoms with Gasteiger partial charge in [-0.25, -0.2) is 4.79 Å². The Balaban J connectivity index is 1.64. The first-order chi connectivity index (χ1) is 15.3. The Morgan fingerprint density at radius 3 is 2.41 bits per heavy atom. The largest absolute Gasteiger partial charge is 0.349 e. The molecule has 1 aromatic heterocycles. The minimum Gasteiger partial charge on any atom is -0.349 e. The number of rotatable bonds is 5. The fourth-order valence-corrected chi connectivity index (χ4v) is 4.05. The van der Waals surface area contributed by atoms with Crippen molar-refractivity contribution in [3.63, 3.8) is 0 Å². The molecule has 0 bridgehead atoms. The summed E-state index contributed by atoms with van der Waals surface area (Å²) in [5, 5.41) is 12.5. The fourth-order valence-electron chi connectivity index (χ4n) is 4.05. The van der Waals surface area contributed by atoms with Crippen LogP contribution in [0.15, 0.2) is 35.9 Å². The number of nitrogens with one attached hydrogen (secondary N) is 1. The lowest BCUT2D eigenvalue weighted by molar-refractivity contribution is -0.127. The lowest BCUT2D eigenvalue weighted by Crippen LogP contribution is -2.51. The zero-order valence-corrected chi connectivity index (χ0v) is 19.3. The van der Waals surface area contributed by atoms with Gasteiger partial charge in [0.15, 0.2) is 0 Å². The van der Waals surface area contributed by atoms with E-state index in [-0.39, 0.29) is 17.5 Å². The molecule has 1 saturated heterocycles. The van der Waals surface area contributed by atoms with E-state index >= 15 is 0 Å². The molecule has 7 heteroatoms. The van der Waals surface area contributed by atoms with E-state index in [1.165, 1.54) is 0 Å². The number of urea groups is 1. The second kappa shape index (κ2) is 10.2. The number of piperazine rings is 1. The number of carbonyl (C=O) groups is 2. The number of nitrogens with zero attached hydrogens (tertiary/aromatic N) is 4. The van der Waals surface area contributed by atoms with Crippen LogP contribution in [0.3, 0.4) is 0 Å². The Morgan fingerprint density at radius 2 is 1.78 bits per heavy atom. The van der Waals surface area contributed by atoms with E-state index in [4.69, 9.17) is 0 Å². The molecule has 0 atom stereocenters. The number of benzene rings is 1. The lowest BCUT2D eigenvalue weighted by Gasteiger charge is -2.34. The van der Waals surface area contributed by atoms with Crippen LogP contribution in [0.25, 0.3) is 6.08 Å². The van der Waals surface area contributed by atoms with Crippen LogP contribution in [0.1, 0.15) is 35.9 Å². The van der Waals surface area contributed by atoms with Crippen LogP contribution in [0.4, 0.5) is 10.5 Å². The van der Waals surface area contributed by atoms with Crippen LogP contribution in [-0.2, 0) is 11.3 Å². The van der Waals surface area contributed by atoms with E-state index in [1.807, 2.05) is 51.1 Å². The summed E-state index contributed by atoms with van der Waals surface area (Å²) in [5.41, 5.74) is 5.03. The van der Waals surface area contributed by atoms with Gasteiger partial charge in [0, 0.05) is 49.8 Å². The van der Waals surface area contributed by atoms with Crippen LogP contribution < -0.4 is 5.32 Å². The second-order valence-electron chi connectivity index (χ2n) is 8.23. The van der Waals surface area contributed by atoms with Crippen molar-refractivity contribution in [2.75, 3.05) is 31.5 Å². The number of aryl methyl sites for hydroxylation is 2. The molecule has 0 aliphatic carbocycles. The van der Waals surface area contributed by atoms with E-state index in [1.54, 1.807) is 15.9 Å². The van der Waals surface area contributed by atoms with Gasteiger partial charge in [-0.2, -0.15) is 5.26 Å². The molecule has 1 aliphatic rings. The first-order valence-corrected chi connectivity index (χ1v) is 11.0. The number of nitriles is 1. The number of hydrogen-bond donors (Lipinski definition) is 1. The molecule has 0 saturated carbocycles. The third kappa shape index (κ3) is 5.20. The Morgan fingerprint density at radius 1 is 1.09 bits per heavy atom. The van der Waals surface area contributed by atoms with Crippen molar-refractivity contribution in [2.24, 2.45) is 0 Å². The normalized spacial score (nSPS) is 14.3. The number of carbonyl (C=O) groups excluding carboxylic acids is 2. The number of hydrogen-bond acceptors (Lipinski definition) is 3. The molecule has 1 aliphatic heterocycles. The van der Waals surface area contributed by atoms with Gasteiger partial charge in [0.25, 0.3) is 5.91 Å². The molecule has 3 rings (SSSR count). The molecule has 32 heavy (non-hydrogen) atoms. The van der Waals surface area contributed by atoms with Crippen molar-refractivity contribution in [3.05, 3.63) is 58.4 Å². The maximum atomic E-state index is 13.0. The maximum Gasteiger partial charge on any atom is 0.321 e. The maximum absolute atomic E-state index is 13.0. The molecule has 0 radical (unpaired) electrons. The third-order valence-corrected chi connectivity index (χ3v) is 5.83.